The summed E-state index contributed by atoms with van der Waals surface area (Å²) in [7, 11) is 0. The SMILES string of the molecule is CC(C)CN(c1ccc(C(C)CC(=O)O)cc1Nc1nc2ccccc2s1)C1CCCCC1. The van der Waals surface area contributed by atoms with Gasteiger partial charge >= 0.3 is 5.97 Å². The molecule has 0 spiro atoms. The molecule has 4 rings (SSSR count). The van der Waals surface area contributed by atoms with Gasteiger partial charge in [-0.1, -0.05) is 69.6 Å². The van der Waals surface area contributed by atoms with Crippen molar-refractivity contribution in [3.63, 3.8) is 0 Å². The van der Waals surface area contributed by atoms with Crippen LogP contribution in [0.3, 0.4) is 0 Å². The Bertz CT molecular complexity index is 1050. The van der Waals surface area contributed by atoms with Crippen LogP contribution in [0.4, 0.5) is 16.5 Å². The Hall–Kier alpha value is -2.60. The van der Waals surface area contributed by atoms with E-state index in [1.807, 2.05) is 25.1 Å². The third kappa shape index (κ3) is 5.85. The molecule has 0 aliphatic heterocycles. The van der Waals surface area contributed by atoms with Crippen molar-refractivity contribution >= 4 is 44.0 Å². The van der Waals surface area contributed by atoms with Crippen molar-refractivity contribution in [2.45, 2.75) is 71.3 Å². The number of nitrogens with zero attached hydrogens (tertiary/aromatic N) is 2. The number of anilines is 3. The number of hydrogen-bond donors (Lipinski definition) is 2. The average molecular weight is 466 g/mol. The summed E-state index contributed by atoms with van der Waals surface area (Å²) >= 11 is 1.65. The highest BCUT2D eigenvalue weighted by Crippen LogP contribution is 2.38. The molecule has 1 atom stereocenters. The van der Waals surface area contributed by atoms with Crippen molar-refractivity contribution in [2.24, 2.45) is 5.92 Å². The number of carbonyl (C=O) groups is 1. The quantitative estimate of drug-likeness (QED) is 0.344. The largest absolute Gasteiger partial charge is 0.481 e. The highest BCUT2D eigenvalue weighted by atomic mass is 32.1. The number of aromatic nitrogens is 1. The van der Waals surface area contributed by atoms with Crippen LogP contribution in [0, 0.1) is 5.92 Å². The van der Waals surface area contributed by atoms with Gasteiger partial charge in [0.05, 0.1) is 28.0 Å². The fourth-order valence-electron chi connectivity index (χ4n) is 4.86. The van der Waals surface area contributed by atoms with E-state index in [0.29, 0.717) is 12.0 Å². The van der Waals surface area contributed by atoms with Crippen LogP contribution < -0.4 is 10.2 Å². The van der Waals surface area contributed by atoms with E-state index in [2.05, 4.69) is 48.3 Å². The molecule has 1 unspecified atom stereocenters. The summed E-state index contributed by atoms with van der Waals surface area (Å²) in [6.45, 7) is 7.54. The molecule has 1 aliphatic carbocycles. The lowest BCUT2D eigenvalue weighted by atomic mass is 9.92. The van der Waals surface area contributed by atoms with Gasteiger partial charge in [0.2, 0.25) is 0 Å². The smallest absolute Gasteiger partial charge is 0.303 e. The van der Waals surface area contributed by atoms with Gasteiger partial charge in [0.25, 0.3) is 0 Å². The molecule has 1 aromatic heterocycles. The monoisotopic (exact) mass is 465 g/mol. The molecule has 1 heterocycles. The first kappa shape index (κ1) is 23.6. The summed E-state index contributed by atoms with van der Waals surface area (Å²) < 4.78 is 1.16. The molecule has 6 heteroatoms. The van der Waals surface area contributed by atoms with Crippen LogP contribution in [-0.2, 0) is 4.79 Å². The molecule has 2 aromatic carbocycles. The van der Waals surface area contributed by atoms with E-state index in [1.165, 1.54) is 37.8 Å². The molecule has 5 nitrogen and oxygen atoms in total. The van der Waals surface area contributed by atoms with Crippen molar-refractivity contribution in [1.82, 2.24) is 4.98 Å². The molecule has 1 saturated carbocycles. The van der Waals surface area contributed by atoms with Crippen LogP contribution in [0.15, 0.2) is 42.5 Å². The van der Waals surface area contributed by atoms with Gasteiger partial charge in [-0.15, -0.1) is 0 Å². The van der Waals surface area contributed by atoms with E-state index in [-0.39, 0.29) is 12.3 Å². The van der Waals surface area contributed by atoms with Gasteiger partial charge in [-0.3, -0.25) is 4.79 Å². The van der Waals surface area contributed by atoms with Gasteiger partial charge in [0.15, 0.2) is 5.13 Å². The predicted molar refractivity (Wildman–Crippen MR) is 139 cm³/mol. The first-order valence-corrected chi connectivity index (χ1v) is 13.0. The number of para-hydroxylation sites is 1. The molecule has 0 bridgehead atoms. The molecule has 176 valence electrons. The number of carboxylic acid groups (broad SMARTS) is 1. The Morgan fingerprint density at radius 2 is 1.91 bits per heavy atom. The Morgan fingerprint density at radius 1 is 1.15 bits per heavy atom. The summed E-state index contributed by atoms with van der Waals surface area (Å²) in [4.78, 5) is 18.7. The lowest BCUT2D eigenvalue weighted by molar-refractivity contribution is -0.137. The van der Waals surface area contributed by atoms with Crippen LogP contribution in [0.1, 0.15) is 70.8 Å². The molecule has 1 fully saturated rings. The van der Waals surface area contributed by atoms with Crippen molar-refractivity contribution in [2.75, 3.05) is 16.8 Å². The second kappa shape index (κ2) is 10.6. The second-order valence-electron chi connectivity index (χ2n) is 9.73. The van der Waals surface area contributed by atoms with E-state index in [0.717, 1.165) is 33.1 Å². The Morgan fingerprint density at radius 3 is 2.61 bits per heavy atom. The maximum absolute atomic E-state index is 11.3. The normalized spacial score (nSPS) is 15.6. The summed E-state index contributed by atoms with van der Waals surface area (Å²) in [5, 5.41) is 13.8. The van der Waals surface area contributed by atoms with E-state index >= 15 is 0 Å². The van der Waals surface area contributed by atoms with E-state index in [4.69, 9.17) is 4.98 Å². The Balaban J connectivity index is 1.73. The fraction of sp³-hybridized carbons (Fsp3) is 0.481. The topological polar surface area (TPSA) is 65.5 Å². The third-order valence-electron chi connectivity index (χ3n) is 6.49. The molecule has 0 radical (unpaired) electrons. The van der Waals surface area contributed by atoms with Gasteiger partial charge in [-0.05, 0) is 54.5 Å². The van der Waals surface area contributed by atoms with Gasteiger partial charge in [-0.25, -0.2) is 4.98 Å². The van der Waals surface area contributed by atoms with Crippen molar-refractivity contribution in [1.29, 1.82) is 0 Å². The van der Waals surface area contributed by atoms with Crippen molar-refractivity contribution in [3.8, 4) is 0 Å². The second-order valence-corrected chi connectivity index (χ2v) is 10.8. The predicted octanol–water partition coefficient (Wildman–Crippen LogP) is 7.41. The van der Waals surface area contributed by atoms with Gasteiger partial charge < -0.3 is 15.3 Å². The fourth-order valence-corrected chi connectivity index (χ4v) is 5.74. The maximum atomic E-state index is 11.3. The minimum atomic E-state index is -0.768. The zero-order chi connectivity index (χ0) is 23.4. The Kier molecular flexibility index (Phi) is 7.53. The van der Waals surface area contributed by atoms with Crippen LogP contribution >= 0.6 is 11.3 Å². The van der Waals surface area contributed by atoms with Crippen LogP contribution in [-0.4, -0.2) is 28.6 Å². The number of thiazole rings is 1. The van der Waals surface area contributed by atoms with E-state index in [1.54, 1.807) is 11.3 Å². The first-order valence-electron chi connectivity index (χ1n) is 12.2. The minimum Gasteiger partial charge on any atom is -0.481 e. The third-order valence-corrected chi connectivity index (χ3v) is 7.44. The average Bonchev–Trinajstić information content (AvgIpc) is 3.20. The summed E-state index contributed by atoms with van der Waals surface area (Å²) in [6.07, 6.45) is 6.48. The number of hydrogen-bond acceptors (Lipinski definition) is 5. The highest BCUT2D eigenvalue weighted by Gasteiger charge is 2.25. The van der Waals surface area contributed by atoms with Crippen molar-refractivity contribution < 1.29 is 9.90 Å². The van der Waals surface area contributed by atoms with Crippen LogP contribution in [0.25, 0.3) is 10.2 Å². The number of carboxylic acids is 1. The molecular weight excluding hydrogens is 430 g/mol. The first-order chi connectivity index (χ1) is 15.9. The van der Waals surface area contributed by atoms with Gasteiger partial charge in [0.1, 0.15) is 0 Å². The van der Waals surface area contributed by atoms with E-state index in [9.17, 15) is 9.90 Å². The summed E-state index contributed by atoms with van der Waals surface area (Å²) in [5.41, 5.74) is 4.25. The molecule has 2 N–H and O–H groups in total. The number of aliphatic carboxylic acids is 1. The molecule has 1 aliphatic rings. The number of benzene rings is 2. The molecule has 0 amide bonds. The van der Waals surface area contributed by atoms with Crippen LogP contribution in [0.5, 0.6) is 0 Å². The summed E-state index contributed by atoms with van der Waals surface area (Å²) in [6, 6.07) is 15.2. The van der Waals surface area contributed by atoms with Gasteiger partial charge in [-0.2, -0.15) is 0 Å². The van der Waals surface area contributed by atoms with Crippen LogP contribution in [0.2, 0.25) is 0 Å². The minimum absolute atomic E-state index is 0.0549. The lowest BCUT2D eigenvalue weighted by Crippen LogP contribution is -2.39. The standard InChI is InChI=1S/C27H35N3O2S/c1-18(2)17-30(21-9-5-4-6-10-21)24-14-13-20(19(3)15-26(31)32)16-23(24)29-27-28-22-11-7-8-12-25(22)33-27/h7-8,11-14,16,18-19,21H,4-6,9-10,15,17H2,1-3H3,(H,28,29)(H,31,32). The Labute approximate surface area is 200 Å². The number of fused-ring (bicyclic) bond motifs is 1. The lowest BCUT2D eigenvalue weighted by Gasteiger charge is -2.38. The zero-order valence-electron chi connectivity index (χ0n) is 19.9. The molecule has 3 aromatic rings. The number of rotatable bonds is 9. The molecule has 0 saturated heterocycles. The van der Waals surface area contributed by atoms with E-state index < -0.39 is 5.97 Å². The summed E-state index contributed by atoms with van der Waals surface area (Å²) in [5.74, 6) is -0.274. The highest BCUT2D eigenvalue weighted by molar-refractivity contribution is 7.22. The van der Waals surface area contributed by atoms with Crippen molar-refractivity contribution in [3.05, 3.63) is 48.0 Å². The molecular formula is C27H35N3O2S. The molecule has 33 heavy (non-hydrogen) atoms. The zero-order valence-corrected chi connectivity index (χ0v) is 20.7. The van der Waals surface area contributed by atoms with Gasteiger partial charge in [0, 0.05) is 12.6 Å². The number of nitrogens with one attached hydrogen (secondary N) is 1. The maximum Gasteiger partial charge on any atom is 0.303 e.